The SMILES string of the molecule is CN(Cc1ccc(C(F)(F)F)cc1)C1CC2CN(C(=O)OC(C)(C)C)C[C@@H]2C1. The summed E-state index contributed by atoms with van der Waals surface area (Å²) >= 11 is 0. The predicted molar refractivity (Wildman–Crippen MR) is 101 cm³/mol. The first kappa shape index (κ1) is 21.0. The average molecular weight is 398 g/mol. The number of hydrogen-bond acceptors (Lipinski definition) is 3. The minimum Gasteiger partial charge on any atom is -0.444 e. The number of ether oxygens (including phenoxy) is 1. The highest BCUT2D eigenvalue weighted by Gasteiger charge is 2.44. The molecule has 2 fully saturated rings. The molecule has 1 saturated heterocycles. The molecule has 1 saturated carbocycles. The summed E-state index contributed by atoms with van der Waals surface area (Å²) in [5.41, 5.74) is -0.224. The third kappa shape index (κ3) is 4.99. The van der Waals surface area contributed by atoms with E-state index in [2.05, 4.69) is 4.90 Å². The number of rotatable bonds is 3. The Balaban J connectivity index is 1.51. The van der Waals surface area contributed by atoms with Gasteiger partial charge in [0.15, 0.2) is 0 Å². The summed E-state index contributed by atoms with van der Waals surface area (Å²) in [6.07, 6.45) is -2.54. The maximum absolute atomic E-state index is 12.7. The van der Waals surface area contributed by atoms with Crippen LogP contribution in [-0.2, 0) is 17.5 Å². The highest BCUT2D eigenvalue weighted by atomic mass is 19.4. The van der Waals surface area contributed by atoms with Crippen LogP contribution in [0.3, 0.4) is 0 Å². The number of carbonyl (C=O) groups is 1. The Morgan fingerprint density at radius 3 is 2.11 bits per heavy atom. The van der Waals surface area contributed by atoms with Crippen LogP contribution in [-0.4, -0.2) is 47.7 Å². The van der Waals surface area contributed by atoms with Gasteiger partial charge in [0.2, 0.25) is 0 Å². The van der Waals surface area contributed by atoms with Gasteiger partial charge in [-0.25, -0.2) is 4.79 Å². The van der Waals surface area contributed by atoms with Crippen LogP contribution >= 0.6 is 0 Å². The van der Waals surface area contributed by atoms with E-state index < -0.39 is 17.3 Å². The number of carbonyl (C=O) groups excluding carboxylic acids is 1. The molecule has 156 valence electrons. The number of nitrogens with zero attached hydrogens (tertiary/aromatic N) is 2. The van der Waals surface area contributed by atoms with E-state index in [9.17, 15) is 18.0 Å². The molecule has 2 unspecified atom stereocenters. The maximum atomic E-state index is 12.7. The van der Waals surface area contributed by atoms with E-state index in [0.29, 0.717) is 24.4 Å². The van der Waals surface area contributed by atoms with Crippen LogP contribution < -0.4 is 0 Å². The smallest absolute Gasteiger partial charge is 0.416 e. The molecule has 28 heavy (non-hydrogen) atoms. The summed E-state index contributed by atoms with van der Waals surface area (Å²) in [6.45, 7) is 7.68. The Morgan fingerprint density at radius 1 is 1.11 bits per heavy atom. The zero-order valence-corrected chi connectivity index (χ0v) is 16.9. The summed E-state index contributed by atoms with van der Waals surface area (Å²) in [6, 6.07) is 5.79. The molecule has 0 bridgehead atoms. The van der Waals surface area contributed by atoms with E-state index in [1.54, 1.807) is 12.1 Å². The van der Waals surface area contributed by atoms with Crippen molar-refractivity contribution >= 4 is 6.09 Å². The van der Waals surface area contributed by atoms with E-state index in [0.717, 1.165) is 43.6 Å². The first-order valence-electron chi connectivity index (χ1n) is 9.76. The summed E-state index contributed by atoms with van der Waals surface area (Å²) in [5.74, 6) is 0.931. The van der Waals surface area contributed by atoms with E-state index in [-0.39, 0.29) is 6.09 Å². The lowest BCUT2D eigenvalue weighted by Crippen LogP contribution is -2.37. The first-order chi connectivity index (χ1) is 12.9. The van der Waals surface area contributed by atoms with Gasteiger partial charge >= 0.3 is 12.3 Å². The Bertz CT molecular complexity index is 683. The number of benzene rings is 1. The Labute approximate surface area is 164 Å². The molecule has 0 radical (unpaired) electrons. The minimum atomic E-state index is -4.30. The maximum Gasteiger partial charge on any atom is 0.416 e. The number of fused-ring (bicyclic) bond motifs is 1. The summed E-state index contributed by atoms with van der Waals surface area (Å²) in [4.78, 5) is 16.3. The van der Waals surface area contributed by atoms with Crippen molar-refractivity contribution in [2.45, 2.75) is 58.0 Å². The molecule has 1 aliphatic heterocycles. The fourth-order valence-corrected chi connectivity index (χ4v) is 4.32. The van der Waals surface area contributed by atoms with Gasteiger partial charge in [-0.05, 0) is 70.2 Å². The molecule has 1 aliphatic carbocycles. The van der Waals surface area contributed by atoms with Crippen molar-refractivity contribution in [3.63, 3.8) is 0 Å². The lowest BCUT2D eigenvalue weighted by atomic mass is 10.0. The van der Waals surface area contributed by atoms with Gasteiger partial charge in [-0.15, -0.1) is 0 Å². The van der Waals surface area contributed by atoms with Crippen LogP contribution in [0.4, 0.5) is 18.0 Å². The third-order valence-corrected chi connectivity index (χ3v) is 5.71. The average Bonchev–Trinajstić information content (AvgIpc) is 3.11. The second kappa shape index (κ2) is 7.58. The summed E-state index contributed by atoms with van der Waals surface area (Å²) in [5, 5.41) is 0. The second-order valence-corrected chi connectivity index (χ2v) is 9.14. The monoisotopic (exact) mass is 398 g/mol. The largest absolute Gasteiger partial charge is 0.444 e. The zero-order valence-electron chi connectivity index (χ0n) is 16.9. The van der Waals surface area contributed by atoms with Gasteiger partial charge in [0.1, 0.15) is 5.60 Å². The number of halogens is 3. The third-order valence-electron chi connectivity index (χ3n) is 5.71. The number of likely N-dealkylation sites (tertiary alicyclic amines) is 1. The van der Waals surface area contributed by atoms with Gasteiger partial charge in [0, 0.05) is 25.7 Å². The molecule has 1 heterocycles. The number of amides is 1. The molecular formula is C21H29F3N2O2. The van der Waals surface area contributed by atoms with Gasteiger partial charge in [-0.3, -0.25) is 4.90 Å². The fourth-order valence-electron chi connectivity index (χ4n) is 4.32. The molecule has 0 spiro atoms. The Morgan fingerprint density at radius 2 is 1.64 bits per heavy atom. The molecule has 2 aliphatic rings. The van der Waals surface area contributed by atoms with E-state index in [4.69, 9.17) is 4.74 Å². The second-order valence-electron chi connectivity index (χ2n) is 9.14. The van der Waals surface area contributed by atoms with Gasteiger partial charge in [-0.2, -0.15) is 13.2 Å². The zero-order chi connectivity index (χ0) is 20.7. The molecule has 4 nitrogen and oxygen atoms in total. The van der Waals surface area contributed by atoms with Crippen molar-refractivity contribution in [1.82, 2.24) is 9.80 Å². The molecular weight excluding hydrogens is 369 g/mol. The molecule has 7 heteroatoms. The minimum absolute atomic E-state index is 0.239. The van der Waals surface area contributed by atoms with Crippen LogP contribution in [0.1, 0.15) is 44.7 Å². The highest BCUT2D eigenvalue weighted by Crippen LogP contribution is 2.40. The van der Waals surface area contributed by atoms with Crippen molar-refractivity contribution in [3.8, 4) is 0 Å². The van der Waals surface area contributed by atoms with Crippen molar-refractivity contribution < 1.29 is 22.7 Å². The van der Waals surface area contributed by atoms with E-state index in [1.807, 2.05) is 32.7 Å². The van der Waals surface area contributed by atoms with Crippen LogP contribution in [0, 0.1) is 11.8 Å². The van der Waals surface area contributed by atoms with E-state index >= 15 is 0 Å². The van der Waals surface area contributed by atoms with Gasteiger partial charge in [-0.1, -0.05) is 12.1 Å². The van der Waals surface area contributed by atoms with Crippen LogP contribution in [0.2, 0.25) is 0 Å². The molecule has 3 rings (SSSR count). The number of alkyl halides is 3. The Kier molecular flexibility index (Phi) is 5.67. The van der Waals surface area contributed by atoms with Gasteiger partial charge < -0.3 is 9.64 Å². The standard InChI is InChI=1S/C21H29F3N2O2/c1-20(2,3)28-19(27)26-12-15-9-18(10-16(15)13-26)25(4)11-14-5-7-17(8-6-14)21(22,23)24/h5-8,15-16,18H,9-13H2,1-4H3/t15-,16?,18?/m0/s1. The molecule has 1 amide bonds. The normalized spacial score (nSPS) is 25.3. The summed E-state index contributed by atoms with van der Waals surface area (Å²) in [7, 11) is 2.02. The van der Waals surface area contributed by atoms with Crippen LogP contribution in [0.25, 0.3) is 0 Å². The van der Waals surface area contributed by atoms with Crippen molar-refractivity contribution in [1.29, 1.82) is 0 Å². The van der Waals surface area contributed by atoms with Crippen molar-refractivity contribution in [2.24, 2.45) is 11.8 Å². The first-order valence-corrected chi connectivity index (χ1v) is 9.76. The molecule has 3 atom stereocenters. The van der Waals surface area contributed by atoms with Crippen LogP contribution in [0.5, 0.6) is 0 Å². The highest BCUT2D eigenvalue weighted by molar-refractivity contribution is 5.68. The van der Waals surface area contributed by atoms with Crippen LogP contribution in [0.15, 0.2) is 24.3 Å². The topological polar surface area (TPSA) is 32.8 Å². The lowest BCUT2D eigenvalue weighted by molar-refractivity contribution is -0.137. The van der Waals surface area contributed by atoms with Gasteiger partial charge in [0.25, 0.3) is 0 Å². The molecule has 1 aromatic rings. The van der Waals surface area contributed by atoms with Gasteiger partial charge in [0.05, 0.1) is 5.56 Å². The van der Waals surface area contributed by atoms with Crippen molar-refractivity contribution in [2.75, 3.05) is 20.1 Å². The van der Waals surface area contributed by atoms with E-state index in [1.165, 1.54) is 0 Å². The molecule has 0 N–H and O–H groups in total. The predicted octanol–water partition coefficient (Wildman–Crippen LogP) is 4.78. The lowest BCUT2D eigenvalue weighted by Gasteiger charge is -2.28. The quantitative estimate of drug-likeness (QED) is 0.734. The Hall–Kier alpha value is -1.76. The van der Waals surface area contributed by atoms with Crippen molar-refractivity contribution in [3.05, 3.63) is 35.4 Å². The fraction of sp³-hybridized carbons (Fsp3) is 0.667. The number of hydrogen-bond donors (Lipinski definition) is 0. The molecule has 1 aromatic carbocycles. The summed E-state index contributed by atoms with van der Waals surface area (Å²) < 4.78 is 43.5. The molecule has 0 aromatic heterocycles.